The molecule has 0 radical (unpaired) electrons. The van der Waals surface area contributed by atoms with Crippen LogP contribution in [0.2, 0.25) is 0 Å². The summed E-state index contributed by atoms with van der Waals surface area (Å²) in [7, 11) is 1.68. The minimum atomic E-state index is -1.25. The molecule has 1 saturated heterocycles. The zero-order valence-electron chi connectivity index (χ0n) is 20.2. The van der Waals surface area contributed by atoms with Crippen LogP contribution in [0.4, 0.5) is 16.8 Å². The van der Waals surface area contributed by atoms with E-state index in [1.165, 1.54) is 33.1 Å². The summed E-state index contributed by atoms with van der Waals surface area (Å²) in [5.74, 6) is 4.84. The second-order valence-electron chi connectivity index (χ2n) is 7.80. The predicted octanol–water partition coefficient (Wildman–Crippen LogP) is -0.983. The number of carbonyl (C=O) groups excluding carboxylic acids is 2. The lowest BCUT2D eigenvalue weighted by Gasteiger charge is -2.49. The van der Waals surface area contributed by atoms with Crippen LogP contribution in [0, 0.1) is 0 Å². The van der Waals surface area contributed by atoms with E-state index in [-0.39, 0.29) is 40.4 Å². The zero-order valence-corrected chi connectivity index (χ0v) is 22.7. The van der Waals surface area contributed by atoms with Gasteiger partial charge in [-0.25, -0.2) is 9.78 Å². The number of hydrogen-bond donors (Lipinski definition) is 6. The van der Waals surface area contributed by atoms with Crippen molar-refractivity contribution in [1.82, 2.24) is 20.2 Å². The molecular weight excluding hydrogens is 556 g/mol. The van der Waals surface area contributed by atoms with Gasteiger partial charge in [0.25, 0.3) is 11.8 Å². The number of fused-ring (bicyclic) bond motifs is 1. The molecule has 1 unspecified atom stereocenters. The van der Waals surface area contributed by atoms with Crippen molar-refractivity contribution < 1.29 is 29.0 Å². The lowest BCUT2D eigenvalue weighted by molar-refractivity contribution is -0.667. The van der Waals surface area contributed by atoms with Crippen LogP contribution in [-0.2, 0) is 19.2 Å². The van der Waals surface area contributed by atoms with Gasteiger partial charge in [0.15, 0.2) is 10.8 Å². The Balaban J connectivity index is 1.51. The van der Waals surface area contributed by atoms with Crippen LogP contribution < -0.4 is 32.6 Å². The molecule has 0 aromatic carbocycles. The largest absolute Gasteiger partial charge is 0.477 e. The van der Waals surface area contributed by atoms with Crippen molar-refractivity contribution >= 4 is 75.1 Å². The Labute approximate surface area is 228 Å². The first kappa shape index (κ1) is 27.3. The minimum Gasteiger partial charge on any atom is -0.477 e. The average Bonchev–Trinajstić information content (AvgIpc) is 3.32. The third-order valence-electron chi connectivity index (χ3n) is 5.41. The number of nitrogens with two attached hydrogens (primary N) is 3. The second-order valence-corrected chi connectivity index (χ2v) is 10.7. The summed E-state index contributed by atoms with van der Waals surface area (Å²) in [5.41, 5.74) is 12.0. The number of carboxylic acids is 1. The van der Waals surface area contributed by atoms with Gasteiger partial charge in [-0.15, -0.1) is 27.8 Å². The van der Waals surface area contributed by atoms with Gasteiger partial charge in [-0.05, 0) is 24.3 Å². The standard InChI is InChI=1S/C20H24N10O5S3/c1-3-35-28-12(9-7-37-19(22)25-9)15(31)27-13-16(32)29-14(18(33)34)8(5-36-17(13)29)6-38-20-26-10(21)4-11(24-2)30(20)23/h4,7,13,17H,3,5-6,23H2,1-2H3,(H6,21,22,24,25,27,31,33,34)/p+1/b28-12-/t13?,17-/m1/s1. The Kier molecular flexibility index (Phi) is 8.12. The summed E-state index contributed by atoms with van der Waals surface area (Å²) < 4.78 is 1.30. The number of thiazole rings is 1. The molecule has 2 aliphatic heterocycles. The van der Waals surface area contributed by atoms with Crippen molar-refractivity contribution in [2.24, 2.45) is 5.16 Å². The fourth-order valence-corrected chi connectivity index (χ4v) is 6.66. The molecule has 2 amide bonds. The molecule has 0 saturated carbocycles. The van der Waals surface area contributed by atoms with E-state index < -0.39 is 29.2 Å². The summed E-state index contributed by atoms with van der Waals surface area (Å²) >= 11 is 3.64. The predicted molar refractivity (Wildman–Crippen MR) is 144 cm³/mol. The van der Waals surface area contributed by atoms with Crippen LogP contribution in [0.3, 0.4) is 0 Å². The van der Waals surface area contributed by atoms with Gasteiger partial charge >= 0.3 is 11.1 Å². The number of aromatic nitrogens is 3. The molecule has 1 fully saturated rings. The number of β-lactam (4-membered cyclic amide) rings is 1. The third-order valence-corrected chi connectivity index (χ3v) is 8.46. The van der Waals surface area contributed by atoms with Gasteiger partial charge in [-0.1, -0.05) is 10.1 Å². The molecule has 0 bridgehead atoms. The summed E-state index contributed by atoms with van der Waals surface area (Å²) in [6.07, 6.45) is 0. The number of carboxylic acid groups (broad SMARTS) is 1. The normalized spacial score (nSPS) is 19.1. The topological polar surface area (TPSA) is 228 Å². The quantitative estimate of drug-likeness (QED) is 0.0377. The SMILES string of the molecule is CCO/N=C(\C(=O)NC1C(=O)N2C(C(=O)O)=C(CSc3nc(N)cc(NC)[n+]3N)CS[C@H]12)c1csc(N)n1. The molecule has 15 nitrogen and oxygen atoms in total. The summed E-state index contributed by atoms with van der Waals surface area (Å²) in [4.78, 5) is 52.7. The molecule has 202 valence electrons. The number of nitrogens with one attached hydrogen (secondary N) is 2. The van der Waals surface area contributed by atoms with Gasteiger partial charge in [-0.3, -0.25) is 20.3 Å². The summed E-state index contributed by atoms with van der Waals surface area (Å²) in [5, 5.41) is 20.8. The monoisotopic (exact) mass is 581 g/mol. The van der Waals surface area contributed by atoms with Gasteiger partial charge in [0.05, 0.1) is 6.07 Å². The number of carbonyl (C=O) groups is 3. The molecule has 4 heterocycles. The molecule has 2 aliphatic rings. The Hall–Kier alpha value is -3.77. The van der Waals surface area contributed by atoms with Crippen molar-refractivity contribution in [2.45, 2.75) is 23.5 Å². The maximum Gasteiger partial charge on any atom is 0.352 e. The number of oxime groups is 1. The van der Waals surface area contributed by atoms with Crippen LogP contribution in [0.1, 0.15) is 12.6 Å². The first-order valence-electron chi connectivity index (χ1n) is 11.1. The van der Waals surface area contributed by atoms with Crippen molar-refractivity contribution in [3.05, 3.63) is 28.4 Å². The fraction of sp³-hybridized carbons (Fsp3) is 0.350. The van der Waals surface area contributed by atoms with Gasteiger partial charge in [0.2, 0.25) is 11.6 Å². The highest BCUT2D eigenvalue weighted by Gasteiger charge is 2.54. The fourth-order valence-electron chi connectivity index (χ4n) is 3.69. The Morgan fingerprint density at radius 3 is 2.79 bits per heavy atom. The van der Waals surface area contributed by atoms with Gasteiger partial charge in [0.1, 0.15) is 29.4 Å². The molecule has 2 atom stereocenters. The minimum absolute atomic E-state index is 0.131. The van der Waals surface area contributed by atoms with E-state index in [0.29, 0.717) is 22.3 Å². The average molecular weight is 582 g/mol. The number of anilines is 3. The van der Waals surface area contributed by atoms with E-state index >= 15 is 0 Å². The van der Waals surface area contributed by atoms with E-state index in [1.54, 1.807) is 25.4 Å². The van der Waals surface area contributed by atoms with Crippen LogP contribution in [0.25, 0.3) is 0 Å². The highest BCUT2D eigenvalue weighted by Crippen LogP contribution is 2.41. The Morgan fingerprint density at radius 1 is 1.39 bits per heavy atom. The molecule has 2 aromatic rings. The first-order valence-corrected chi connectivity index (χ1v) is 14.0. The second kappa shape index (κ2) is 11.3. The molecule has 18 heteroatoms. The van der Waals surface area contributed by atoms with Crippen LogP contribution in [0.15, 0.2) is 33.0 Å². The Bertz CT molecular complexity index is 1350. The summed E-state index contributed by atoms with van der Waals surface area (Å²) in [6, 6.07) is 0.604. The maximum atomic E-state index is 13.1. The van der Waals surface area contributed by atoms with Crippen molar-refractivity contribution in [3.63, 3.8) is 0 Å². The molecule has 4 rings (SSSR count). The van der Waals surface area contributed by atoms with E-state index in [0.717, 1.165) is 11.3 Å². The van der Waals surface area contributed by atoms with Gasteiger partial charge < -0.3 is 32.0 Å². The van der Waals surface area contributed by atoms with Gasteiger partial charge in [0, 0.05) is 23.9 Å². The molecule has 9 N–H and O–H groups in total. The zero-order chi connectivity index (χ0) is 27.6. The number of nitrogens with zero attached hydrogens (tertiary/aromatic N) is 5. The number of thioether (sulfide) groups is 2. The highest BCUT2D eigenvalue weighted by molar-refractivity contribution is 8.01. The van der Waals surface area contributed by atoms with Crippen molar-refractivity contribution in [2.75, 3.05) is 47.8 Å². The van der Waals surface area contributed by atoms with Crippen LogP contribution >= 0.6 is 34.9 Å². The molecule has 2 aromatic heterocycles. The number of aliphatic carboxylic acids is 1. The van der Waals surface area contributed by atoms with Crippen molar-refractivity contribution in [3.8, 4) is 0 Å². The van der Waals surface area contributed by atoms with Crippen LogP contribution in [-0.4, -0.2) is 80.0 Å². The smallest absolute Gasteiger partial charge is 0.352 e. The maximum absolute atomic E-state index is 13.1. The summed E-state index contributed by atoms with van der Waals surface area (Å²) in [6.45, 7) is 1.91. The molecule has 38 heavy (non-hydrogen) atoms. The van der Waals surface area contributed by atoms with Crippen molar-refractivity contribution in [1.29, 1.82) is 0 Å². The van der Waals surface area contributed by atoms with Crippen LogP contribution in [0.5, 0.6) is 0 Å². The Morgan fingerprint density at radius 2 is 2.16 bits per heavy atom. The third kappa shape index (κ3) is 5.27. The first-order chi connectivity index (χ1) is 18.2. The van der Waals surface area contributed by atoms with E-state index in [9.17, 15) is 19.5 Å². The lowest BCUT2D eigenvalue weighted by Crippen LogP contribution is -2.71. The number of hydrogen-bond acceptors (Lipinski definition) is 14. The molecule has 0 aliphatic carbocycles. The highest BCUT2D eigenvalue weighted by atomic mass is 32.2. The number of amides is 2. The van der Waals surface area contributed by atoms with Gasteiger partial charge in [-0.2, -0.15) is 0 Å². The van der Waals surface area contributed by atoms with E-state index in [4.69, 9.17) is 22.1 Å². The number of nitrogen functional groups attached to an aromatic ring is 3. The van der Waals surface area contributed by atoms with E-state index in [2.05, 4.69) is 25.8 Å². The lowest BCUT2D eigenvalue weighted by atomic mass is 10.0. The number of rotatable bonds is 10. The molecule has 0 spiro atoms. The van der Waals surface area contributed by atoms with E-state index in [1.807, 2.05) is 0 Å². The molecular formula is C20H25N10O5S3+.